The van der Waals surface area contributed by atoms with Gasteiger partial charge in [0.1, 0.15) is 5.82 Å². The first kappa shape index (κ1) is 13.1. The SMILES string of the molecule is CC(C)N1CCn2c(COCC3CC3)cnc2[C@@H]1C. The molecule has 0 amide bonds. The molecule has 0 spiro atoms. The average Bonchev–Trinajstić information content (AvgIpc) is 3.10. The standard InChI is InChI=1S/C15H25N3O/c1-11(2)17-6-7-18-14(8-16-15(18)12(17)3)10-19-9-13-4-5-13/h8,11-13H,4-7,9-10H2,1-3H3/t12-/m0/s1. The van der Waals surface area contributed by atoms with Gasteiger partial charge < -0.3 is 9.30 Å². The highest BCUT2D eigenvalue weighted by Gasteiger charge is 2.28. The number of hydrogen-bond donors (Lipinski definition) is 0. The Morgan fingerprint density at radius 1 is 1.37 bits per heavy atom. The molecule has 1 aromatic rings. The van der Waals surface area contributed by atoms with Crippen LogP contribution in [0.15, 0.2) is 6.20 Å². The van der Waals surface area contributed by atoms with Crippen LogP contribution >= 0.6 is 0 Å². The Kier molecular flexibility index (Phi) is 3.63. The van der Waals surface area contributed by atoms with E-state index in [0.29, 0.717) is 12.1 Å². The highest BCUT2D eigenvalue weighted by Crippen LogP contribution is 2.30. The Bertz CT molecular complexity index is 437. The van der Waals surface area contributed by atoms with Gasteiger partial charge in [-0.1, -0.05) is 0 Å². The molecule has 4 nitrogen and oxygen atoms in total. The molecule has 19 heavy (non-hydrogen) atoms. The lowest BCUT2D eigenvalue weighted by atomic mass is 10.1. The predicted octanol–water partition coefficient (Wildman–Crippen LogP) is 2.59. The van der Waals surface area contributed by atoms with E-state index in [1.165, 1.54) is 24.4 Å². The van der Waals surface area contributed by atoms with Crippen molar-refractivity contribution in [2.24, 2.45) is 5.92 Å². The van der Waals surface area contributed by atoms with Crippen LogP contribution in [0.5, 0.6) is 0 Å². The van der Waals surface area contributed by atoms with E-state index in [1.807, 2.05) is 6.20 Å². The van der Waals surface area contributed by atoms with Crippen molar-refractivity contribution in [2.45, 2.75) is 58.8 Å². The number of hydrogen-bond acceptors (Lipinski definition) is 3. The highest BCUT2D eigenvalue weighted by atomic mass is 16.5. The van der Waals surface area contributed by atoms with Gasteiger partial charge in [-0.3, -0.25) is 4.90 Å². The maximum atomic E-state index is 5.80. The summed E-state index contributed by atoms with van der Waals surface area (Å²) in [7, 11) is 0. The zero-order chi connectivity index (χ0) is 13.4. The number of fused-ring (bicyclic) bond motifs is 1. The minimum Gasteiger partial charge on any atom is -0.375 e. The lowest BCUT2D eigenvalue weighted by Crippen LogP contribution is -2.41. The van der Waals surface area contributed by atoms with Gasteiger partial charge in [0.15, 0.2) is 0 Å². The zero-order valence-corrected chi connectivity index (χ0v) is 12.3. The molecule has 1 aromatic heterocycles. The topological polar surface area (TPSA) is 30.3 Å². The van der Waals surface area contributed by atoms with Crippen LogP contribution in [0.1, 0.15) is 51.2 Å². The van der Waals surface area contributed by atoms with Crippen molar-refractivity contribution in [1.29, 1.82) is 0 Å². The van der Waals surface area contributed by atoms with Gasteiger partial charge in [0.05, 0.1) is 24.5 Å². The van der Waals surface area contributed by atoms with E-state index in [1.54, 1.807) is 0 Å². The van der Waals surface area contributed by atoms with Crippen molar-refractivity contribution in [1.82, 2.24) is 14.5 Å². The summed E-state index contributed by atoms with van der Waals surface area (Å²) in [6.45, 7) is 10.6. The van der Waals surface area contributed by atoms with Gasteiger partial charge >= 0.3 is 0 Å². The van der Waals surface area contributed by atoms with E-state index < -0.39 is 0 Å². The number of nitrogens with zero attached hydrogens (tertiary/aromatic N) is 3. The second-order valence-electron chi connectivity index (χ2n) is 6.23. The van der Waals surface area contributed by atoms with Gasteiger partial charge in [-0.15, -0.1) is 0 Å². The molecule has 0 N–H and O–H groups in total. The van der Waals surface area contributed by atoms with Crippen LogP contribution in [-0.4, -0.2) is 33.6 Å². The second kappa shape index (κ2) is 5.25. The van der Waals surface area contributed by atoms with Crippen LogP contribution in [0.3, 0.4) is 0 Å². The summed E-state index contributed by atoms with van der Waals surface area (Å²) in [6, 6.07) is 0.987. The lowest BCUT2D eigenvalue weighted by Gasteiger charge is -2.37. The first-order chi connectivity index (χ1) is 9.16. The molecule has 0 unspecified atom stereocenters. The third kappa shape index (κ3) is 2.70. The normalized spacial score (nSPS) is 23.9. The Balaban J connectivity index is 1.67. The third-order valence-corrected chi connectivity index (χ3v) is 4.39. The smallest absolute Gasteiger partial charge is 0.126 e. The van der Waals surface area contributed by atoms with Gasteiger partial charge in [-0.05, 0) is 39.5 Å². The van der Waals surface area contributed by atoms with Crippen molar-refractivity contribution >= 4 is 0 Å². The molecule has 3 rings (SSSR count). The summed E-state index contributed by atoms with van der Waals surface area (Å²) < 4.78 is 8.16. The Morgan fingerprint density at radius 2 is 2.16 bits per heavy atom. The molecule has 0 aromatic carbocycles. The van der Waals surface area contributed by atoms with E-state index >= 15 is 0 Å². The van der Waals surface area contributed by atoms with E-state index in [0.717, 1.165) is 32.2 Å². The molecule has 0 radical (unpaired) electrons. The Labute approximate surface area is 115 Å². The average molecular weight is 263 g/mol. The molecule has 0 bridgehead atoms. The number of rotatable bonds is 5. The molecular formula is C15H25N3O. The fourth-order valence-electron chi connectivity index (χ4n) is 3.01. The molecule has 1 fully saturated rings. The van der Waals surface area contributed by atoms with E-state index in [-0.39, 0.29) is 0 Å². The van der Waals surface area contributed by atoms with Gasteiger partial charge in [-0.25, -0.2) is 4.98 Å². The van der Waals surface area contributed by atoms with Gasteiger partial charge in [0, 0.05) is 25.7 Å². The molecule has 106 valence electrons. The van der Waals surface area contributed by atoms with Crippen molar-refractivity contribution in [3.8, 4) is 0 Å². The molecule has 1 atom stereocenters. The van der Waals surface area contributed by atoms with Crippen LogP contribution in [0.4, 0.5) is 0 Å². The quantitative estimate of drug-likeness (QED) is 0.818. The summed E-state index contributed by atoms with van der Waals surface area (Å²) in [5, 5.41) is 0. The first-order valence-electron chi connectivity index (χ1n) is 7.54. The van der Waals surface area contributed by atoms with Crippen molar-refractivity contribution in [3.05, 3.63) is 17.7 Å². The maximum Gasteiger partial charge on any atom is 0.126 e. The van der Waals surface area contributed by atoms with E-state index in [4.69, 9.17) is 4.74 Å². The molecule has 4 heteroatoms. The number of imidazole rings is 1. The molecular weight excluding hydrogens is 238 g/mol. The van der Waals surface area contributed by atoms with Crippen molar-refractivity contribution < 1.29 is 4.74 Å². The largest absolute Gasteiger partial charge is 0.375 e. The predicted molar refractivity (Wildman–Crippen MR) is 74.9 cm³/mol. The van der Waals surface area contributed by atoms with Gasteiger partial charge in [0.2, 0.25) is 0 Å². The first-order valence-corrected chi connectivity index (χ1v) is 7.54. The van der Waals surface area contributed by atoms with Crippen LogP contribution in [0.2, 0.25) is 0 Å². The van der Waals surface area contributed by atoms with E-state index in [9.17, 15) is 0 Å². The third-order valence-electron chi connectivity index (χ3n) is 4.39. The van der Waals surface area contributed by atoms with Crippen LogP contribution < -0.4 is 0 Å². The van der Waals surface area contributed by atoms with Gasteiger partial charge in [-0.2, -0.15) is 0 Å². The second-order valence-corrected chi connectivity index (χ2v) is 6.23. The molecule has 2 heterocycles. The summed E-state index contributed by atoms with van der Waals surface area (Å²) in [5.41, 5.74) is 1.24. The van der Waals surface area contributed by atoms with Crippen molar-refractivity contribution in [3.63, 3.8) is 0 Å². The Hall–Kier alpha value is -0.870. The van der Waals surface area contributed by atoms with Crippen LogP contribution in [0, 0.1) is 5.92 Å². The van der Waals surface area contributed by atoms with Crippen LogP contribution in [-0.2, 0) is 17.9 Å². The van der Waals surface area contributed by atoms with Crippen molar-refractivity contribution in [2.75, 3.05) is 13.2 Å². The summed E-state index contributed by atoms with van der Waals surface area (Å²) >= 11 is 0. The zero-order valence-electron chi connectivity index (χ0n) is 12.3. The minimum absolute atomic E-state index is 0.408. The maximum absolute atomic E-state index is 5.80. The van der Waals surface area contributed by atoms with Crippen LogP contribution in [0.25, 0.3) is 0 Å². The highest BCUT2D eigenvalue weighted by molar-refractivity contribution is 5.10. The molecule has 0 saturated heterocycles. The number of ether oxygens (including phenoxy) is 1. The number of aromatic nitrogens is 2. The fraction of sp³-hybridized carbons (Fsp3) is 0.800. The summed E-state index contributed by atoms with van der Waals surface area (Å²) in [4.78, 5) is 7.14. The molecule has 1 aliphatic carbocycles. The summed E-state index contributed by atoms with van der Waals surface area (Å²) in [6.07, 6.45) is 4.71. The minimum atomic E-state index is 0.408. The molecule has 2 aliphatic rings. The monoisotopic (exact) mass is 263 g/mol. The lowest BCUT2D eigenvalue weighted by molar-refractivity contribution is 0.0968. The van der Waals surface area contributed by atoms with E-state index in [2.05, 4.69) is 35.2 Å². The molecule has 1 saturated carbocycles. The summed E-state index contributed by atoms with van der Waals surface area (Å²) in [5.74, 6) is 2.03. The Morgan fingerprint density at radius 3 is 2.84 bits per heavy atom. The van der Waals surface area contributed by atoms with Gasteiger partial charge in [0.25, 0.3) is 0 Å². The fourth-order valence-corrected chi connectivity index (χ4v) is 3.01. The molecule has 1 aliphatic heterocycles.